The number of halogens is 1. The van der Waals surface area contributed by atoms with E-state index >= 15 is 0 Å². The highest BCUT2D eigenvalue weighted by Crippen LogP contribution is 2.78. The van der Waals surface area contributed by atoms with E-state index in [2.05, 4.69) is 0 Å². The number of nitrogens with zero attached hydrogens (tertiary/aromatic N) is 1. The molecule has 2 aromatic carbocycles. The van der Waals surface area contributed by atoms with Gasteiger partial charge in [-0.3, -0.25) is 14.4 Å². The smallest absolute Gasteiger partial charge is 0.328 e. The number of carbonyl (C=O) groups excluding carboxylic acids is 3. The fourth-order valence-electron chi connectivity index (χ4n) is 5.48. The van der Waals surface area contributed by atoms with Crippen molar-refractivity contribution in [3.05, 3.63) is 64.7 Å². The zero-order valence-corrected chi connectivity index (χ0v) is 17.4. The number of likely N-dealkylation sites (tertiary alicyclic amines) is 1. The highest BCUT2D eigenvalue weighted by molar-refractivity contribution is 6.30. The third-order valence-corrected chi connectivity index (χ3v) is 7.31. The van der Waals surface area contributed by atoms with E-state index in [0.29, 0.717) is 29.4 Å². The predicted octanol–water partition coefficient (Wildman–Crippen LogP) is 4.24. The van der Waals surface area contributed by atoms with Crippen LogP contribution in [-0.2, 0) is 9.59 Å². The first-order valence-electron chi connectivity index (χ1n) is 10.3. The number of esters is 1. The first-order valence-corrected chi connectivity index (χ1v) is 10.7. The van der Waals surface area contributed by atoms with Crippen LogP contribution in [0.4, 0.5) is 0 Å². The molecule has 0 radical (unpaired) electrons. The third-order valence-electron chi connectivity index (χ3n) is 7.06. The first kappa shape index (κ1) is 19.3. The Hall–Kier alpha value is -2.66. The minimum atomic E-state index is -1.52. The molecule has 6 heteroatoms. The lowest BCUT2D eigenvalue weighted by Crippen LogP contribution is -2.49. The largest absolute Gasteiger partial charge is 0.425 e. The predicted molar refractivity (Wildman–Crippen MR) is 112 cm³/mol. The van der Waals surface area contributed by atoms with Crippen LogP contribution in [0.3, 0.4) is 0 Å². The molecule has 154 valence electrons. The van der Waals surface area contributed by atoms with E-state index in [-0.39, 0.29) is 11.7 Å². The van der Waals surface area contributed by atoms with Gasteiger partial charge in [-0.25, -0.2) is 0 Å². The number of benzene rings is 2. The standard InChI is InChI=1S/C24H22ClNO4/c1-23(20(27)15-9-11-16(25)12-10-15)19-17-7-3-4-8-18(17)30-22(29)24(19,23)21(28)26-13-5-2-6-14-26/h3-4,7-12,19H,2,5-6,13-14H2,1H3/t19-,23+,24+/m1/s1. The molecule has 0 aromatic heterocycles. The van der Waals surface area contributed by atoms with Gasteiger partial charge in [0, 0.05) is 35.2 Å². The summed E-state index contributed by atoms with van der Waals surface area (Å²) in [7, 11) is 0. The number of piperidine rings is 1. The Labute approximate surface area is 180 Å². The summed E-state index contributed by atoms with van der Waals surface area (Å²) in [6.45, 7) is 2.95. The molecular weight excluding hydrogens is 402 g/mol. The van der Waals surface area contributed by atoms with E-state index in [0.717, 1.165) is 24.8 Å². The monoisotopic (exact) mass is 423 g/mol. The summed E-state index contributed by atoms with van der Waals surface area (Å²) < 4.78 is 5.64. The number of ketones is 1. The van der Waals surface area contributed by atoms with Crippen LogP contribution in [0.1, 0.15) is 48.0 Å². The van der Waals surface area contributed by atoms with Crippen molar-refractivity contribution in [3.63, 3.8) is 0 Å². The number of carbonyl (C=O) groups is 3. The van der Waals surface area contributed by atoms with E-state index in [1.54, 1.807) is 48.2 Å². The summed E-state index contributed by atoms with van der Waals surface area (Å²) in [5.41, 5.74) is -1.55. The molecule has 3 aliphatic rings. The second-order valence-electron chi connectivity index (χ2n) is 8.56. The molecule has 30 heavy (non-hydrogen) atoms. The summed E-state index contributed by atoms with van der Waals surface area (Å²) >= 11 is 5.99. The molecule has 3 atom stereocenters. The number of hydrogen-bond acceptors (Lipinski definition) is 4. The fourth-order valence-corrected chi connectivity index (χ4v) is 5.60. The van der Waals surface area contributed by atoms with Gasteiger partial charge in [0.25, 0.3) is 0 Å². The zero-order valence-electron chi connectivity index (χ0n) is 16.7. The van der Waals surface area contributed by atoms with Gasteiger partial charge in [0.05, 0.1) is 5.41 Å². The second kappa shape index (κ2) is 6.67. The van der Waals surface area contributed by atoms with Gasteiger partial charge in [-0.1, -0.05) is 29.8 Å². The Morgan fingerprint density at radius 2 is 1.70 bits per heavy atom. The van der Waals surface area contributed by atoms with Crippen molar-refractivity contribution in [3.8, 4) is 5.75 Å². The summed E-state index contributed by atoms with van der Waals surface area (Å²) in [4.78, 5) is 42.6. The fraction of sp³-hybridized carbons (Fsp3) is 0.375. The van der Waals surface area contributed by atoms with Gasteiger partial charge in [-0.2, -0.15) is 0 Å². The maximum Gasteiger partial charge on any atom is 0.328 e. The van der Waals surface area contributed by atoms with E-state index in [9.17, 15) is 14.4 Å². The number of rotatable bonds is 3. The van der Waals surface area contributed by atoms with Crippen molar-refractivity contribution in [1.82, 2.24) is 4.90 Å². The number of hydrogen-bond donors (Lipinski definition) is 0. The number of fused-ring (bicyclic) bond motifs is 3. The van der Waals surface area contributed by atoms with Gasteiger partial charge in [-0.05, 0) is 56.5 Å². The molecule has 0 N–H and O–H groups in total. The maximum atomic E-state index is 13.8. The quantitative estimate of drug-likeness (QED) is 0.320. The Morgan fingerprint density at radius 3 is 2.40 bits per heavy atom. The summed E-state index contributed by atoms with van der Waals surface area (Å²) in [5, 5.41) is 0.522. The normalized spacial score (nSPS) is 29.5. The first-order chi connectivity index (χ1) is 14.4. The van der Waals surface area contributed by atoms with E-state index in [1.165, 1.54) is 0 Å². The molecule has 0 spiro atoms. The van der Waals surface area contributed by atoms with E-state index in [1.807, 2.05) is 12.1 Å². The lowest BCUT2D eigenvalue weighted by atomic mass is 9.85. The molecule has 1 amide bonds. The molecule has 0 unspecified atom stereocenters. The average Bonchev–Trinajstić information content (AvgIpc) is 3.37. The van der Waals surface area contributed by atoms with Gasteiger partial charge in [0.15, 0.2) is 11.2 Å². The molecule has 1 saturated heterocycles. The van der Waals surface area contributed by atoms with Crippen molar-refractivity contribution < 1.29 is 19.1 Å². The Kier molecular flexibility index (Phi) is 4.30. The summed E-state index contributed by atoms with van der Waals surface area (Å²) in [6.07, 6.45) is 2.87. The summed E-state index contributed by atoms with van der Waals surface area (Å²) in [6, 6.07) is 13.8. The molecule has 1 aliphatic carbocycles. The zero-order chi connectivity index (χ0) is 21.1. The van der Waals surface area contributed by atoms with Crippen molar-refractivity contribution in [2.75, 3.05) is 13.1 Å². The van der Waals surface area contributed by atoms with Gasteiger partial charge in [0.1, 0.15) is 5.75 Å². The topological polar surface area (TPSA) is 63.7 Å². The van der Waals surface area contributed by atoms with Crippen molar-refractivity contribution in [1.29, 1.82) is 0 Å². The van der Waals surface area contributed by atoms with Crippen LogP contribution in [0, 0.1) is 10.8 Å². The molecular formula is C24H22ClNO4. The van der Waals surface area contributed by atoms with Gasteiger partial charge < -0.3 is 9.64 Å². The number of ether oxygens (including phenoxy) is 1. The number of Topliss-reactive ketones (excluding diaryl/α,β-unsaturated/α-hetero) is 1. The number of para-hydroxylation sites is 1. The van der Waals surface area contributed by atoms with Crippen LogP contribution in [0.25, 0.3) is 0 Å². The molecule has 1 saturated carbocycles. The van der Waals surface area contributed by atoms with Crippen molar-refractivity contribution >= 4 is 29.3 Å². The van der Waals surface area contributed by atoms with Gasteiger partial charge in [-0.15, -0.1) is 0 Å². The summed E-state index contributed by atoms with van der Waals surface area (Å²) in [5.74, 6) is -1.24. The van der Waals surface area contributed by atoms with Gasteiger partial charge in [0.2, 0.25) is 5.91 Å². The molecule has 2 aromatic rings. The maximum absolute atomic E-state index is 13.8. The van der Waals surface area contributed by atoms with Crippen LogP contribution >= 0.6 is 11.6 Å². The SMILES string of the molecule is C[C@@]1(C(=O)c2ccc(Cl)cc2)[C@H]2c3ccccc3OC(=O)[C@@]21C(=O)N1CCCCC1. The van der Waals surface area contributed by atoms with Gasteiger partial charge >= 0.3 is 5.97 Å². The molecule has 2 heterocycles. The lowest BCUT2D eigenvalue weighted by Gasteiger charge is -2.32. The van der Waals surface area contributed by atoms with Crippen LogP contribution in [0.5, 0.6) is 5.75 Å². The number of amides is 1. The van der Waals surface area contributed by atoms with Crippen LogP contribution in [0.2, 0.25) is 5.02 Å². The van der Waals surface area contributed by atoms with Crippen LogP contribution in [-0.4, -0.2) is 35.6 Å². The lowest BCUT2D eigenvalue weighted by molar-refractivity contribution is -0.154. The Balaban J connectivity index is 1.65. The third kappa shape index (κ3) is 2.38. The molecule has 2 fully saturated rings. The highest BCUT2D eigenvalue weighted by atomic mass is 35.5. The minimum absolute atomic E-state index is 0.233. The Morgan fingerprint density at radius 1 is 1.03 bits per heavy atom. The molecule has 0 bridgehead atoms. The van der Waals surface area contributed by atoms with Crippen LogP contribution < -0.4 is 4.74 Å². The van der Waals surface area contributed by atoms with Crippen LogP contribution in [0.15, 0.2) is 48.5 Å². The van der Waals surface area contributed by atoms with E-state index < -0.39 is 22.7 Å². The molecule has 5 rings (SSSR count). The second-order valence-corrected chi connectivity index (χ2v) is 9.00. The minimum Gasteiger partial charge on any atom is -0.425 e. The highest BCUT2D eigenvalue weighted by Gasteiger charge is 2.88. The van der Waals surface area contributed by atoms with Crippen molar-refractivity contribution in [2.24, 2.45) is 10.8 Å². The molecule has 5 nitrogen and oxygen atoms in total. The van der Waals surface area contributed by atoms with E-state index in [4.69, 9.17) is 16.3 Å². The Bertz CT molecular complexity index is 1060. The molecule has 2 aliphatic heterocycles. The average molecular weight is 424 g/mol. The van der Waals surface area contributed by atoms with Crippen molar-refractivity contribution in [2.45, 2.75) is 32.1 Å².